The van der Waals surface area contributed by atoms with Crippen LogP contribution in [-0.4, -0.2) is 107 Å². The molecular formula is C71H76BBr2N9O8S3. The van der Waals surface area contributed by atoms with E-state index in [2.05, 4.69) is 109 Å². The molecule has 23 heteroatoms. The SMILES string of the molecule is CCC.CSc1cc(-c2cn(C)c(=O)c3cnccc23)ccc1C=O.CSc1cc(-c2cn(C)c(=O)c3cnccc23)ccc1CN(C)C.CSc1cc(Br)ccc1C=O.Cn1cc(B2OC(C)(C)C(C)(C)O2)c2ccncc2c1=O.Cn1cc(Br)c2ccncc2c1=O. The first-order valence-corrected chi connectivity index (χ1v) is 35.0. The largest absolute Gasteiger partial charge is 0.496 e. The predicted molar refractivity (Wildman–Crippen MR) is 396 cm³/mol. The van der Waals surface area contributed by atoms with Crippen LogP contribution in [0.15, 0.2) is 196 Å². The van der Waals surface area contributed by atoms with Crippen molar-refractivity contribution in [2.24, 2.45) is 28.2 Å². The third-order valence-corrected chi connectivity index (χ3v) is 19.0. The Hall–Kier alpha value is -7.61. The molecule has 94 heavy (non-hydrogen) atoms. The second-order valence-corrected chi connectivity index (χ2v) is 27.4. The van der Waals surface area contributed by atoms with Crippen LogP contribution in [0.3, 0.4) is 0 Å². The quantitative estimate of drug-likeness (QED) is 0.0712. The molecular weight excluding hydrogens is 1370 g/mol. The van der Waals surface area contributed by atoms with E-state index in [0.29, 0.717) is 27.1 Å². The molecule has 0 unspecified atom stereocenters. The Bertz CT molecular complexity index is 4790. The van der Waals surface area contributed by atoms with Crippen LogP contribution in [-0.2, 0) is 44.0 Å². The maximum atomic E-state index is 12.3. The van der Waals surface area contributed by atoms with Crippen LogP contribution < -0.4 is 27.7 Å². The van der Waals surface area contributed by atoms with Gasteiger partial charge in [0.25, 0.3) is 22.2 Å². The van der Waals surface area contributed by atoms with E-state index >= 15 is 0 Å². The zero-order chi connectivity index (χ0) is 68.8. The van der Waals surface area contributed by atoms with Gasteiger partial charge in [-0.15, -0.1) is 35.3 Å². The molecule has 9 heterocycles. The normalized spacial score (nSPS) is 12.7. The van der Waals surface area contributed by atoms with Crippen LogP contribution in [0, 0.1) is 0 Å². The summed E-state index contributed by atoms with van der Waals surface area (Å²) in [5.74, 6) is 0. The summed E-state index contributed by atoms with van der Waals surface area (Å²) in [5.41, 5.74) is 6.69. The number of halogens is 2. The van der Waals surface area contributed by atoms with Crippen LogP contribution in [0.5, 0.6) is 0 Å². The van der Waals surface area contributed by atoms with Crippen LogP contribution in [0.25, 0.3) is 65.3 Å². The lowest BCUT2D eigenvalue weighted by Gasteiger charge is -2.32. The minimum Gasteiger partial charge on any atom is -0.399 e. The highest BCUT2D eigenvalue weighted by atomic mass is 79.9. The fourth-order valence-electron chi connectivity index (χ4n) is 9.99. The van der Waals surface area contributed by atoms with Crippen molar-refractivity contribution in [1.82, 2.24) is 43.1 Å². The van der Waals surface area contributed by atoms with E-state index < -0.39 is 18.3 Å². The van der Waals surface area contributed by atoms with Crippen molar-refractivity contribution in [2.45, 2.75) is 80.4 Å². The molecule has 3 aromatic carbocycles. The highest BCUT2D eigenvalue weighted by Crippen LogP contribution is 2.38. The molecule has 0 bridgehead atoms. The third kappa shape index (κ3) is 17.3. The number of nitrogens with zero attached hydrogens (tertiary/aromatic N) is 9. The molecule has 0 N–H and O–H groups in total. The van der Waals surface area contributed by atoms with Crippen LogP contribution in [0.1, 0.15) is 74.2 Å². The van der Waals surface area contributed by atoms with E-state index in [1.165, 1.54) is 33.2 Å². The molecule has 17 nitrogen and oxygen atoms in total. The second kappa shape index (κ2) is 33.2. The minimum absolute atomic E-state index is 0.0174. The average molecular weight is 1450 g/mol. The Morgan fingerprint density at radius 2 is 0.872 bits per heavy atom. The molecule has 0 radical (unpaired) electrons. The lowest BCUT2D eigenvalue weighted by molar-refractivity contribution is 0.00578. The van der Waals surface area contributed by atoms with Crippen molar-refractivity contribution in [1.29, 1.82) is 0 Å². The standard InChI is InChI=1S/C19H21N3OS.C17H14N2O2S.C15H19BN2O3.C9H7BrN2O.C8H7BrOS.C3H8/c1-21(2)11-14-6-5-13(9-18(14)24-4)17-12-22(3)19(23)16-10-20-8-7-15(16)17;1-19-9-15(13-5-6-18-8-14(13)17(19)21)11-3-4-12(10-20)16(7-11)22-2;1-14(2)15(3,4)21-16(20-14)12-9-18(5)13(19)11-8-17-7-6-10(11)12;1-12-5-8(10)6-2-3-11-4-7(6)9(12)13;1-11-8-4-7(9)3-2-6(8)5-10;1-3-2/h5-10,12H,11H2,1-4H3;3-10H,1-2H3;6-9H,1-5H3;2-5H,1H3;2-5H,1H3;3H2,1-2H3. The Morgan fingerprint density at radius 3 is 1.32 bits per heavy atom. The molecule has 8 aromatic heterocycles. The van der Waals surface area contributed by atoms with Gasteiger partial charge in [0.1, 0.15) is 0 Å². The van der Waals surface area contributed by atoms with Gasteiger partial charge in [-0.1, -0.05) is 54.4 Å². The number of fused-ring (bicyclic) bond motifs is 4. The number of rotatable bonds is 10. The number of aromatic nitrogens is 8. The number of hydrogen-bond acceptors (Lipinski definition) is 16. The van der Waals surface area contributed by atoms with Crippen LogP contribution >= 0.6 is 67.1 Å². The molecule has 11 aromatic rings. The minimum atomic E-state index is -0.494. The topological polar surface area (TPSA) is 195 Å². The van der Waals surface area contributed by atoms with Crippen molar-refractivity contribution in [3.05, 3.63) is 220 Å². The van der Waals surface area contributed by atoms with Crippen molar-refractivity contribution >= 4 is 135 Å². The number of hydrogen-bond donors (Lipinski definition) is 0. The molecule has 1 aliphatic heterocycles. The molecule has 0 spiro atoms. The Kier molecular flexibility index (Phi) is 26.0. The van der Waals surface area contributed by atoms with E-state index in [9.17, 15) is 28.8 Å². The van der Waals surface area contributed by atoms with Crippen molar-refractivity contribution in [3.63, 3.8) is 0 Å². The summed E-state index contributed by atoms with van der Waals surface area (Å²) in [4.78, 5) is 91.3. The summed E-state index contributed by atoms with van der Waals surface area (Å²) in [5, 5.41) is 5.99. The maximum absolute atomic E-state index is 12.3. The summed E-state index contributed by atoms with van der Waals surface area (Å²) in [6.07, 6.45) is 29.4. The Morgan fingerprint density at radius 1 is 0.500 bits per heavy atom. The zero-order valence-electron chi connectivity index (χ0n) is 55.4. The fourth-order valence-corrected chi connectivity index (χ4v) is 13.0. The zero-order valence-corrected chi connectivity index (χ0v) is 61.0. The molecule has 0 atom stereocenters. The molecule has 0 aliphatic carbocycles. The number of aldehydes is 2. The smallest absolute Gasteiger partial charge is 0.399 e. The summed E-state index contributed by atoms with van der Waals surface area (Å²) in [6, 6.07) is 25.2. The first-order valence-electron chi connectivity index (χ1n) is 29.8. The number of benzene rings is 3. The number of pyridine rings is 8. The summed E-state index contributed by atoms with van der Waals surface area (Å²) in [6.45, 7) is 13.2. The van der Waals surface area contributed by atoms with Crippen LogP contribution in [0.4, 0.5) is 0 Å². The molecule has 488 valence electrons. The number of carbonyl (C=O) groups excluding carboxylic acids is 2. The summed E-state index contributed by atoms with van der Waals surface area (Å²) >= 11 is 11.6. The highest BCUT2D eigenvalue weighted by molar-refractivity contribution is 9.11. The van der Waals surface area contributed by atoms with Gasteiger partial charge in [0, 0.05) is 166 Å². The molecule has 1 fully saturated rings. The lowest BCUT2D eigenvalue weighted by Crippen LogP contribution is -2.41. The van der Waals surface area contributed by atoms with Gasteiger partial charge in [-0.3, -0.25) is 48.7 Å². The summed E-state index contributed by atoms with van der Waals surface area (Å²) < 4.78 is 20.4. The fraction of sp³-hybridized carbons (Fsp3) is 0.268. The lowest BCUT2D eigenvalue weighted by atomic mass is 9.77. The molecule has 1 aliphatic rings. The van der Waals surface area contributed by atoms with Gasteiger partial charge in [-0.2, -0.15) is 0 Å². The van der Waals surface area contributed by atoms with Gasteiger partial charge in [-0.25, -0.2) is 0 Å². The Balaban J connectivity index is 0.000000168. The van der Waals surface area contributed by atoms with Crippen LogP contribution in [0.2, 0.25) is 0 Å². The van der Waals surface area contributed by atoms with E-state index in [0.717, 1.165) is 92.7 Å². The van der Waals surface area contributed by atoms with Crippen molar-refractivity contribution < 1.29 is 18.9 Å². The first-order chi connectivity index (χ1) is 44.8. The second-order valence-electron chi connectivity index (χ2n) is 23.1. The van der Waals surface area contributed by atoms with Gasteiger partial charge in [0.05, 0.1) is 32.7 Å². The van der Waals surface area contributed by atoms with E-state index in [4.69, 9.17) is 9.31 Å². The molecule has 0 saturated carbocycles. The number of aryl methyl sites for hydroxylation is 4. The monoisotopic (exact) mass is 1450 g/mol. The molecule has 12 rings (SSSR count). The van der Waals surface area contributed by atoms with Gasteiger partial charge >= 0.3 is 7.12 Å². The van der Waals surface area contributed by atoms with Crippen molar-refractivity contribution in [3.8, 4) is 22.3 Å². The first kappa shape index (κ1) is 73.8. The Labute approximate surface area is 577 Å². The summed E-state index contributed by atoms with van der Waals surface area (Å²) in [7, 11) is 10.6. The van der Waals surface area contributed by atoms with E-state index in [1.807, 2.05) is 113 Å². The van der Waals surface area contributed by atoms with Gasteiger partial charge in [0.2, 0.25) is 0 Å². The maximum Gasteiger partial charge on any atom is 0.496 e. The number of thioether (sulfide) groups is 3. The highest BCUT2D eigenvalue weighted by Gasteiger charge is 2.52. The van der Waals surface area contributed by atoms with Gasteiger partial charge < -0.3 is 32.5 Å². The van der Waals surface area contributed by atoms with Gasteiger partial charge in [0.15, 0.2) is 12.6 Å². The third-order valence-electron chi connectivity index (χ3n) is 15.5. The van der Waals surface area contributed by atoms with E-state index in [-0.39, 0.29) is 22.2 Å². The molecule has 1 saturated heterocycles. The molecule has 0 amide bonds. The average Bonchev–Trinajstić information content (AvgIpc) is 1.45. The van der Waals surface area contributed by atoms with Gasteiger partial charge in [-0.05, 0) is 170 Å². The van der Waals surface area contributed by atoms with E-state index in [1.54, 1.807) is 127 Å². The predicted octanol–water partition coefficient (Wildman–Crippen LogP) is 13.8. The number of carbonyl (C=O) groups is 2. The van der Waals surface area contributed by atoms with Crippen molar-refractivity contribution in [2.75, 3.05) is 32.9 Å².